The smallest absolute Gasteiger partial charge is 0.162 e. The van der Waals surface area contributed by atoms with E-state index in [0.717, 1.165) is 42.9 Å². The standard InChI is InChI=1S/C31H35NO3/c1-19(2)20-6-8-21(9-7-20)24-15-25-23-16-29-28(34-12-5-13-35-29)14-22(23)10-11-32(25)26-17-31(3,4)18-27(33)30(24)26/h6-9,14-16,19,24H,5,10-13,17-18H2,1-4H3/t24-/m1/s1. The second-order valence-electron chi connectivity index (χ2n) is 11.6. The van der Waals surface area contributed by atoms with Crippen molar-refractivity contribution in [2.45, 2.75) is 65.2 Å². The van der Waals surface area contributed by atoms with Crippen LogP contribution < -0.4 is 9.47 Å². The maximum Gasteiger partial charge on any atom is 0.162 e. The van der Waals surface area contributed by atoms with Gasteiger partial charge in [-0.25, -0.2) is 0 Å². The Hall–Kier alpha value is -3.01. The number of ketones is 1. The number of rotatable bonds is 2. The van der Waals surface area contributed by atoms with Crippen molar-refractivity contribution in [3.8, 4) is 11.5 Å². The highest BCUT2D eigenvalue weighted by atomic mass is 16.5. The van der Waals surface area contributed by atoms with Crippen LogP contribution >= 0.6 is 0 Å². The lowest BCUT2D eigenvalue weighted by Gasteiger charge is -2.46. The zero-order valence-electron chi connectivity index (χ0n) is 21.3. The number of Topliss-reactive ketones (excluding diaryl/α,β-unsaturated/α-hetero) is 1. The summed E-state index contributed by atoms with van der Waals surface area (Å²) in [6.45, 7) is 11.1. The highest BCUT2D eigenvalue weighted by molar-refractivity contribution is 6.01. The molecule has 1 atom stereocenters. The van der Waals surface area contributed by atoms with Gasteiger partial charge in [0.15, 0.2) is 17.3 Å². The molecule has 0 radical (unpaired) electrons. The monoisotopic (exact) mass is 469 g/mol. The largest absolute Gasteiger partial charge is 0.490 e. The first kappa shape index (κ1) is 22.5. The number of nitrogens with zero attached hydrogens (tertiary/aromatic N) is 1. The Kier molecular flexibility index (Phi) is 5.32. The number of fused-ring (bicyclic) bond motifs is 5. The van der Waals surface area contributed by atoms with E-state index >= 15 is 0 Å². The van der Waals surface area contributed by atoms with Gasteiger partial charge in [-0.1, -0.05) is 52.0 Å². The molecule has 0 bridgehead atoms. The minimum atomic E-state index is -0.0323. The van der Waals surface area contributed by atoms with E-state index in [1.54, 1.807) is 0 Å². The number of benzene rings is 2. The Balaban J connectivity index is 1.50. The van der Waals surface area contributed by atoms with E-state index in [4.69, 9.17) is 9.47 Å². The maximum atomic E-state index is 13.6. The van der Waals surface area contributed by atoms with Crippen molar-refractivity contribution in [1.29, 1.82) is 0 Å². The number of allylic oxidation sites excluding steroid dienone is 3. The van der Waals surface area contributed by atoms with E-state index in [-0.39, 0.29) is 11.3 Å². The van der Waals surface area contributed by atoms with Crippen LogP contribution in [0.4, 0.5) is 0 Å². The Morgan fingerprint density at radius 2 is 1.71 bits per heavy atom. The Morgan fingerprint density at radius 1 is 1.00 bits per heavy atom. The van der Waals surface area contributed by atoms with Gasteiger partial charge < -0.3 is 14.4 Å². The molecule has 182 valence electrons. The van der Waals surface area contributed by atoms with Crippen LogP contribution in [0.15, 0.2) is 53.7 Å². The fourth-order valence-electron chi connectivity index (χ4n) is 6.14. The molecule has 4 nitrogen and oxygen atoms in total. The summed E-state index contributed by atoms with van der Waals surface area (Å²) in [6.07, 6.45) is 5.70. The van der Waals surface area contributed by atoms with Crippen LogP contribution in [0.2, 0.25) is 0 Å². The minimum absolute atomic E-state index is 0.0250. The molecule has 0 unspecified atom stereocenters. The third-order valence-corrected chi connectivity index (χ3v) is 7.96. The molecule has 0 fully saturated rings. The van der Waals surface area contributed by atoms with Crippen molar-refractivity contribution in [3.05, 3.63) is 76.0 Å². The van der Waals surface area contributed by atoms with Crippen molar-refractivity contribution in [2.75, 3.05) is 19.8 Å². The molecule has 6 rings (SSSR count). The van der Waals surface area contributed by atoms with Crippen LogP contribution in [-0.2, 0) is 11.2 Å². The van der Waals surface area contributed by atoms with Gasteiger partial charge >= 0.3 is 0 Å². The summed E-state index contributed by atoms with van der Waals surface area (Å²) in [5.74, 6) is 2.46. The number of carbonyl (C=O) groups is 1. The molecule has 0 spiro atoms. The molecule has 0 amide bonds. The van der Waals surface area contributed by atoms with Gasteiger partial charge in [-0.2, -0.15) is 0 Å². The van der Waals surface area contributed by atoms with E-state index < -0.39 is 0 Å². The maximum absolute atomic E-state index is 13.6. The van der Waals surface area contributed by atoms with Gasteiger partial charge in [-0.3, -0.25) is 4.79 Å². The highest BCUT2D eigenvalue weighted by Gasteiger charge is 2.42. The van der Waals surface area contributed by atoms with E-state index in [0.29, 0.717) is 31.3 Å². The average Bonchev–Trinajstić information content (AvgIpc) is 3.06. The second-order valence-corrected chi connectivity index (χ2v) is 11.6. The van der Waals surface area contributed by atoms with Crippen LogP contribution in [0.1, 0.15) is 81.0 Å². The van der Waals surface area contributed by atoms with Crippen LogP contribution in [0.3, 0.4) is 0 Å². The summed E-state index contributed by atoms with van der Waals surface area (Å²) in [7, 11) is 0. The normalized spacial score (nSPS) is 22.8. The fraction of sp³-hybridized carbons (Fsp3) is 0.452. The topological polar surface area (TPSA) is 38.8 Å². The fourth-order valence-corrected chi connectivity index (χ4v) is 6.14. The summed E-state index contributed by atoms with van der Waals surface area (Å²) < 4.78 is 12.0. The first-order chi connectivity index (χ1) is 16.8. The van der Waals surface area contributed by atoms with Gasteiger partial charge in [0.25, 0.3) is 0 Å². The third-order valence-electron chi connectivity index (χ3n) is 7.96. The van der Waals surface area contributed by atoms with Gasteiger partial charge in [-0.15, -0.1) is 0 Å². The van der Waals surface area contributed by atoms with Crippen LogP contribution in [-0.4, -0.2) is 30.4 Å². The van der Waals surface area contributed by atoms with Crippen LogP contribution in [0, 0.1) is 5.41 Å². The van der Waals surface area contributed by atoms with E-state index in [9.17, 15) is 4.79 Å². The van der Waals surface area contributed by atoms with Crippen LogP contribution in [0.5, 0.6) is 11.5 Å². The first-order valence-electron chi connectivity index (χ1n) is 13.1. The molecule has 1 aliphatic carbocycles. The molecule has 2 aromatic carbocycles. The molecule has 4 heteroatoms. The lowest BCUT2D eigenvalue weighted by atomic mass is 9.69. The molecular formula is C31H35NO3. The lowest BCUT2D eigenvalue weighted by Crippen LogP contribution is -2.40. The van der Waals surface area contributed by atoms with Crippen molar-refractivity contribution >= 4 is 11.5 Å². The summed E-state index contributed by atoms with van der Waals surface area (Å²) in [5, 5.41) is 0. The number of carbonyl (C=O) groups excluding carboxylic acids is 1. The predicted molar refractivity (Wildman–Crippen MR) is 139 cm³/mol. The van der Waals surface area contributed by atoms with Gasteiger partial charge in [0.2, 0.25) is 0 Å². The van der Waals surface area contributed by atoms with Crippen molar-refractivity contribution in [1.82, 2.24) is 4.90 Å². The molecule has 3 heterocycles. The average molecular weight is 470 g/mol. The van der Waals surface area contributed by atoms with Crippen molar-refractivity contribution in [3.63, 3.8) is 0 Å². The quantitative estimate of drug-likeness (QED) is 0.496. The summed E-state index contributed by atoms with van der Waals surface area (Å²) in [6, 6.07) is 13.3. The number of hydrogen-bond donors (Lipinski definition) is 0. The Bertz CT molecular complexity index is 1250. The number of ether oxygens (including phenoxy) is 2. The van der Waals surface area contributed by atoms with Gasteiger partial charge in [-0.05, 0) is 59.1 Å². The van der Waals surface area contributed by atoms with Gasteiger partial charge in [0.1, 0.15) is 0 Å². The van der Waals surface area contributed by atoms with E-state index in [1.165, 1.54) is 33.6 Å². The summed E-state index contributed by atoms with van der Waals surface area (Å²) in [5.41, 5.74) is 8.44. The Labute approximate surface area is 208 Å². The molecule has 0 aromatic heterocycles. The molecule has 0 saturated carbocycles. The summed E-state index contributed by atoms with van der Waals surface area (Å²) in [4.78, 5) is 16.0. The molecule has 3 aliphatic heterocycles. The third kappa shape index (κ3) is 3.87. The summed E-state index contributed by atoms with van der Waals surface area (Å²) >= 11 is 0. The zero-order valence-corrected chi connectivity index (χ0v) is 21.3. The predicted octanol–water partition coefficient (Wildman–Crippen LogP) is 6.61. The number of hydrogen-bond acceptors (Lipinski definition) is 4. The van der Waals surface area contributed by atoms with Crippen LogP contribution in [0.25, 0.3) is 5.70 Å². The molecule has 0 N–H and O–H groups in total. The molecule has 35 heavy (non-hydrogen) atoms. The lowest BCUT2D eigenvalue weighted by molar-refractivity contribution is -0.118. The van der Waals surface area contributed by atoms with Gasteiger partial charge in [0.05, 0.1) is 13.2 Å². The zero-order chi connectivity index (χ0) is 24.3. The molecule has 0 saturated heterocycles. The highest BCUT2D eigenvalue weighted by Crippen LogP contribution is 2.51. The Morgan fingerprint density at radius 3 is 2.43 bits per heavy atom. The van der Waals surface area contributed by atoms with E-state index in [2.05, 4.69) is 75.1 Å². The first-order valence-corrected chi connectivity index (χ1v) is 13.1. The van der Waals surface area contributed by atoms with Crippen molar-refractivity contribution in [2.24, 2.45) is 5.41 Å². The van der Waals surface area contributed by atoms with E-state index in [1.807, 2.05) is 0 Å². The molecular weight excluding hydrogens is 434 g/mol. The molecule has 2 aromatic rings. The van der Waals surface area contributed by atoms with Crippen molar-refractivity contribution < 1.29 is 14.3 Å². The SMILES string of the molecule is CC(C)c1ccc([C@H]2C=C3c4cc5c(cc4CCN3C3=C2C(=O)CC(C)(C)C3)OCCCO5)cc1. The molecule has 4 aliphatic rings. The minimum Gasteiger partial charge on any atom is -0.490 e. The van der Waals surface area contributed by atoms with Gasteiger partial charge in [0, 0.05) is 47.8 Å². The second kappa shape index (κ2) is 8.29.